The van der Waals surface area contributed by atoms with Gasteiger partial charge in [0.05, 0.1) is 12.5 Å². The molecule has 0 bridgehead atoms. The van der Waals surface area contributed by atoms with Gasteiger partial charge in [0, 0.05) is 10.8 Å². The normalized spacial score (nSPS) is 10.8. The van der Waals surface area contributed by atoms with Gasteiger partial charge in [0.15, 0.2) is 0 Å². The lowest BCUT2D eigenvalue weighted by atomic mass is 10.1. The van der Waals surface area contributed by atoms with E-state index in [9.17, 15) is 9.59 Å². The predicted molar refractivity (Wildman–Crippen MR) is 122 cm³/mol. The van der Waals surface area contributed by atoms with Gasteiger partial charge >= 0.3 is 0 Å². The fourth-order valence-electron chi connectivity index (χ4n) is 2.00. The minimum Gasteiger partial charge on any atom is -0.464 e. The SMILES string of the molecule is C=CC(=O)SC=COc1ccc(-c2ccc(OC=CSC(=O)C(=C)C)cc2)cc1. The smallest absolute Gasteiger partial charge is 0.218 e. The number of ether oxygens (including phenoxy) is 2. The topological polar surface area (TPSA) is 52.6 Å². The van der Waals surface area contributed by atoms with E-state index in [2.05, 4.69) is 13.2 Å². The van der Waals surface area contributed by atoms with Crippen LogP contribution in [-0.4, -0.2) is 10.2 Å². The Morgan fingerprint density at radius 3 is 1.69 bits per heavy atom. The summed E-state index contributed by atoms with van der Waals surface area (Å²) >= 11 is 2.04. The van der Waals surface area contributed by atoms with Crippen LogP contribution in [0.15, 0.2) is 96.7 Å². The lowest BCUT2D eigenvalue weighted by molar-refractivity contribution is -0.108. The molecule has 29 heavy (non-hydrogen) atoms. The first-order valence-electron chi connectivity index (χ1n) is 8.53. The quantitative estimate of drug-likeness (QED) is 0.346. The van der Waals surface area contributed by atoms with Crippen molar-refractivity contribution in [1.82, 2.24) is 0 Å². The van der Waals surface area contributed by atoms with E-state index >= 15 is 0 Å². The lowest BCUT2D eigenvalue weighted by Gasteiger charge is -2.05. The van der Waals surface area contributed by atoms with Gasteiger partial charge in [-0.25, -0.2) is 0 Å². The zero-order valence-electron chi connectivity index (χ0n) is 15.9. The molecule has 2 aromatic rings. The molecular weight excluding hydrogens is 404 g/mol. The Morgan fingerprint density at radius 1 is 0.828 bits per heavy atom. The molecule has 2 aromatic carbocycles. The summed E-state index contributed by atoms with van der Waals surface area (Å²) in [6, 6.07) is 15.2. The predicted octanol–water partition coefficient (Wildman–Crippen LogP) is 6.34. The summed E-state index contributed by atoms with van der Waals surface area (Å²) in [5.41, 5.74) is 2.56. The number of benzene rings is 2. The monoisotopic (exact) mass is 424 g/mol. The second kappa shape index (κ2) is 11.8. The molecule has 0 N–H and O–H groups in total. The highest BCUT2D eigenvalue weighted by atomic mass is 32.2. The van der Waals surface area contributed by atoms with E-state index in [0.29, 0.717) is 17.1 Å². The maximum atomic E-state index is 11.4. The third-order valence-corrected chi connectivity index (χ3v) is 4.89. The van der Waals surface area contributed by atoms with E-state index in [1.807, 2.05) is 48.5 Å². The molecule has 0 aromatic heterocycles. The third-order valence-electron chi connectivity index (χ3n) is 3.44. The van der Waals surface area contributed by atoms with Crippen LogP contribution in [0.2, 0.25) is 0 Å². The first-order chi connectivity index (χ1) is 14.0. The van der Waals surface area contributed by atoms with Crippen LogP contribution in [0.4, 0.5) is 0 Å². The van der Waals surface area contributed by atoms with Gasteiger partial charge < -0.3 is 9.47 Å². The van der Waals surface area contributed by atoms with E-state index in [0.717, 1.165) is 34.7 Å². The largest absolute Gasteiger partial charge is 0.464 e. The summed E-state index contributed by atoms with van der Waals surface area (Å²) in [4.78, 5) is 22.5. The highest BCUT2D eigenvalue weighted by Gasteiger charge is 2.01. The third kappa shape index (κ3) is 7.89. The van der Waals surface area contributed by atoms with E-state index in [1.165, 1.54) is 18.6 Å². The van der Waals surface area contributed by atoms with Crippen molar-refractivity contribution in [3.8, 4) is 22.6 Å². The molecule has 0 spiro atoms. The van der Waals surface area contributed by atoms with Crippen LogP contribution < -0.4 is 9.47 Å². The Balaban J connectivity index is 1.88. The minimum atomic E-state index is -0.137. The van der Waals surface area contributed by atoms with Gasteiger partial charge in [-0.2, -0.15) is 0 Å². The first-order valence-corrected chi connectivity index (χ1v) is 10.3. The standard InChI is InChI=1S/C23H20O4S2/c1-4-22(24)28-15-13-26-20-9-5-18(6-10-20)19-7-11-21(12-8-19)27-14-16-29-23(25)17(2)3/h4-16H,1-2H2,3H3. The number of hydrogen-bond donors (Lipinski definition) is 0. The van der Waals surface area contributed by atoms with E-state index in [4.69, 9.17) is 9.47 Å². The zero-order chi connectivity index (χ0) is 21.1. The van der Waals surface area contributed by atoms with Crippen molar-refractivity contribution in [2.45, 2.75) is 6.92 Å². The van der Waals surface area contributed by atoms with Crippen LogP contribution in [0.3, 0.4) is 0 Å². The van der Waals surface area contributed by atoms with Crippen LogP contribution in [0.5, 0.6) is 11.5 Å². The molecule has 0 unspecified atom stereocenters. The Kier molecular flexibility index (Phi) is 9.08. The van der Waals surface area contributed by atoms with Gasteiger partial charge in [-0.3, -0.25) is 9.59 Å². The Hall–Kier alpha value is -2.96. The maximum absolute atomic E-state index is 11.4. The van der Waals surface area contributed by atoms with Crippen LogP contribution in [0, 0.1) is 0 Å². The minimum absolute atomic E-state index is 0.0906. The molecule has 0 amide bonds. The molecule has 0 aliphatic heterocycles. The average molecular weight is 425 g/mol. The fourth-order valence-corrected chi connectivity index (χ4v) is 2.78. The summed E-state index contributed by atoms with van der Waals surface area (Å²) in [5, 5.41) is 2.93. The van der Waals surface area contributed by atoms with Crippen LogP contribution in [0.25, 0.3) is 11.1 Å². The van der Waals surface area contributed by atoms with Gasteiger partial charge in [0.1, 0.15) is 11.5 Å². The van der Waals surface area contributed by atoms with Gasteiger partial charge in [0.25, 0.3) is 0 Å². The highest BCUT2D eigenvalue weighted by Crippen LogP contribution is 2.25. The number of thioether (sulfide) groups is 2. The summed E-state index contributed by atoms with van der Waals surface area (Å²) in [5.74, 6) is 1.34. The highest BCUT2D eigenvalue weighted by molar-refractivity contribution is 8.16. The number of carbonyl (C=O) groups is 2. The Bertz CT molecular complexity index is 926. The average Bonchev–Trinajstić information content (AvgIpc) is 2.74. The molecule has 0 atom stereocenters. The molecule has 0 heterocycles. The fraction of sp³-hybridized carbons (Fsp3) is 0.0435. The van der Waals surface area contributed by atoms with E-state index in [1.54, 1.807) is 17.7 Å². The van der Waals surface area contributed by atoms with Crippen molar-refractivity contribution in [2.75, 3.05) is 0 Å². The molecule has 6 heteroatoms. The molecule has 4 nitrogen and oxygen atoms in total. The Labute approximate surface area is 179 Å². The van der Waals surface area contributed by atoms with Crippen molar-refractivity contribution in [3.05, 3.63) is 96.7 Å². The number of carbonyl (C=O) groups excluding carboxylic acids is 2. The van der Waals surface area contributed by atoms with Crippen LogP contribution >= 0.6 is 23.5 Å². The first kappa shape index (κ1) is 22.3. The summed E-state index contributed by atoms with van der Waals surface area (Å²) in [6.45, 7) is 8.66. The summed E-state index contributed by atoms with van der Waals surface area (Å²) in [7, 11) is 0. The number of hydrogen-bond acceptors (Lipinski definition) is 6. The molecule has 0 saturated heterocycles. The van der Waals surface area contributed by atoms with Crippen molar-refractivity contribution in [3.63, 3.8) is 0 Å². The molecule has 0 radical (unpaired) electrons. The van der Waals surface area contributed by atoms with Crippen LogP contribution in [0.1, 0.15) is 6.92 Å². The van der Waals surface area contributed by atoms with Crippen molar-refractivity contribution >= 4 is 33.8 Å². The number of rotatable bonds is 9. The molecule has 0 aliphatic rings. The van der Waals surface area contributed by atoms with Gasteiger partial charge in [-0.05, 0) is 54.0 Å². The molecule has 2 rings (SSSR count). The van der Waals surface area contributed by atoms with Crippen molar-refractivity contribution in [2.24, 2.45) is 0 Å². The zero-order valence-corrected chi connectivity index (χ0v) is 17.5. The van der Waals surface area contributed by atoms with E-state index in [-0.39, 0.29) is 10.2 Å². The molecular formula is C23H20O4S2. The summed E-state index contributed by atoms with van der Waals surface area (Å²) < 4.78 is 10.9. The van der Waals surface area contributed by atoms with Gasteiger partial charge in [-0.1, -0.05) is 60.9 Å². The second-order valence-corrected chi connectivity index (χ2v) is 7.44. The van der Waals surface area contributed by atoms with Crippen molar-refractivity contribution in [1.29, 1.82) is 0 Å². The lowest BCUT2D eigenvalue weighted by Crippen LogP contribution is -1.88. The Morgan fingerprint density at radius 2 is 1.28 bits per heavy atom. The van der Waals surface area contributed by atoms with E-state index < -0.39 is 0 Å². The molecule has 148 valence electrons. The maximum Gasteiger partial charge on any atom is 0.218 e. The second-order valence-electron chi connectivity index (χ2n) is 5.66. The summed E-state index contributed by atoms with van der Waals surface area (Å²) in [6.07, 6.45) is 4.18. The van der Waals surface area contributed by atoms with Gasteiger partial charge in [0.2, 0.25) is 10.2 Å². The molecule has 0 fully saturated rings. The van der Waals surface area contributed by atoms with Gasteiger partial charge in [-0.15, -0.1) is 0 Å². The molecule has 0 saturated carbocycles. The van der Waals surface area contributed by atoms with Crippen LogP contribution in [-0.2, 0) is 9.59 Å². The molecule has 0 aliphatic carbocycles. The van der Waals surface area contributed by atoms with Crippen molar-refractivity contribution < 1.29 is 19.1 Å².